The molecule has 3 rings (SSSR count). The average molecular weight is 381 g/mol. The second kappa shape index (κ2) is 10.3. The summed E-state index contributed by atoms with van der Waals surface area (Å²) in [6.45, 7) is 7.83. The van der Waals surface area contributed by atoms with E-state index in [1.54, 1.807) is 6.92 Å². The lowest BCUT2D eigenvalue weighted by Crippen LogP contribution is -2.36. The molecule has 150 valence electrons. The summed E-state index contributed by atoms with van der Waals surface area (Å²) in [5, 5.41) is 2.98. The third kappa shape index (κ3) is 5.83. The molecule has 1 N–H and O–H groups in total. The van der Waals surface area contributed by atoms with E-state index in [0.29, 0.717) is 6.54 Å². The summed E-state index contributed by atoms with van der Waals surface area (Å²) in [5.74, 6) is 0.693. The molecule has 28 heavy (non-hydrogen) atoms. The second-order valence-corrected chi connectivity index (χ2v) is 7.59. The van der Waals surface area contributed by atoms with Gasteiger partial charge in [-0.25, -0.2) is 0 Å². The minimum absolute atomic E-state index is 0.0942. The van der Waals surface area contributed by atoms with E-state index in [1.165, 1.54) is 37.9 Å². The molecule has 0 unspecified atom stereocenters. The molecule has 0 radical (unpaired) electrons. The molecule has 1 aliphatic heterocycles. The number of carbonyl (C=O) groups excluding carboxylic acids is 1. The normalized spacial score (nSPS) is 15.8. The maximum Gasteiger partial charge on any atom is 0.261 e. The minimum Gasteiger partial charge on any atom is -0.481 e. The molecular weight excluding hydrogens is 348 g/mol. The van der Waals surface area contributed by atoms with Gasteiger partial charge in [0.25, 0.3) is 5.91 Å². The molecule has 1 amide bonds. The van der Waals surface area contributed by atoms with Gasteiger partial charge in [0.2, 0.25) is 0 Å². The fraction of sp³-hybridized carbons (Fsp3) is 0.458. The summed E-state index contributed by atoms with van der Waals surface area (Å²) in [5.41, 5.74) is 3.56. The van der Waals surface area contributed by atoms with Crippen LogP contribution in [0.2, 0.25) is 0 Å². The van der Waals surface area contributed by atoms with Gasteiger partial charge in [0, 0.05) is 13.1 Å². The SMILES string of the molecule is CCc1ccccc1O[C@H](C)C(=O)NCc1ccc(CN2CCCCC2)cc1. The summed E-state index contributed by atoms with van der Waals surface area (Å²) < 4.78 is 5.87. The van der Waals surface area contributed by atoms with Crippen LogP contribution in [0.4, 0.5) is 0 Å². The van der Waals surface area contributed by atoms with Crippen molar-refractivity contribution in [3.05, 3.63) is 65.2 Å². The first-order chi connectivity index (χ1) is 13.7. The standard InChI is InChI=1S/C24H32N2O2/c1-3-22-9-5-6-10-23(22)28-19(2)24(27)25-17-20-11-13-21(14-12-20)18-26-15-7-4-8-16-26/h5-6,9-14,19H,3-4,7-8,15-18H2,1-2H3,(H,25,27)/t19-/m1/s1. The molecule has 0 bridgehead atoms. The van der Waals surface area contributed by atoms with Crippen LogP contribution in [0.1, 0.15) is 49.8 Å². The van der Waals surface area contributed by atoms with Gasteiger partial charge in [-0.1, -0.05) is 55.8 Å². The number of hydrogen-bond acceptors (Lipinski definition) is 3. The number of aryl methyl sites for hydroxylation is 1. The number of likely N-dealkylation sites (tertiary alicyclic amines) is 1. The Morgan fingerprint density at radius 2 is 1.71 bits per heavy atom. The van der Waals surface area contributed by atoms with Gasteiger partial charge in [-0.2, -0.15) is 0 Å². The van der Waals surface area contributed by atoms with Crippen molar-refractivity contribution in [2.24, 2.45) is 0 Å². The van der Waals surface area contributed by atoms with Gasteiger partial charge in [0.15, 0.2) is 6.10 Å². The van der Waals surface area contributed by atoms with Crippen molar-refractivity contribution in [2.45, 2.75) is 58.7 Å². The lowest BCUT2D eigenvalue weighted by Gasteiger charge is -2.26. The van der Waals surface area contributed by atoms with Crippen LogP contribution in [0.25, 0.3) is 0 Å². The fourth-order valence-electron chi connectivity index (χ4n) is 3.63. The summed E-state index contributed by atoms with van der Waals surface area (Å²) in [6.07, 6.45) is 4.35. The van der Waals surface area contributed by atoms with Crippen LogP contribution < -0.4 is 10.1 Å². The smallest absolute Gasteiger partial charge is 0.261 e. The molecule has 4 heteroatoms. The first-order valence-corrected chi connectivity index (χ1v) is 10.5. The Hall–Kier alpha value is -2.33. The average Bonchev–Trinajstić information content (AvgIpc) is 2.74. The molecule has 4 nitrogen and oxygen atoms in total. The van der Waals surface area contributed by atoms with Crippen LogP contribution in [-0.4, -0.2) is 30.0 Å². The van der Waals surface area contributed by atoms with Gasteiger partial charge in [0.1, 0.15) is 5.75 Å². The third-order valence-electron chi connectivity index (χ3n) is 5.37. The van der Waals surface area contributed by atoms with E-state index in [0.717, 1.165) is 29.8 Å². The predicted octanol–water partition coefficient (Wildman–Crippen LogP) is 4.32. The Morgan fingerprint density at radius 1 is 1.04 bits per heavy atom. The van der Waals surface area contributed by atoms with E-state index in [2.05, 4.69) is 41.4 Å². The monoisotopic (exact) mass is 380 g/mol. The first-order valence-electron chi connectivity index (χ1n) is 10.5. The molecule has 0 spiro atoms. The van der Waals surface area contributed by atoms with E-state index in [4.69, 9.17) is 4.74 Å². The zero-order valence-electron chi connectivity index (χ0n) is 17.1. The number of piperidine rings is 1. The number of nitrogens with zero attached hydrogens (tertiary/aromatic N) is 1. The summed E-state index contributed by atoms with van der Waals surface area (Å²) in [6, 6.07) is 16.4. The van der Waals surface area contributed by atoms with Crippen molar-refractivity contribution in [1.82, 2.24) is 10.2 Å². The minimum atomic E-state index is -0.522. The Morgan fingerprint density at radius 3 is 2.43 bits per heavy atom. The first kappa shape index (κ1) is 20.4. The lowest BCUT2D eigenvalue weighted by atomic mass is 10.1. The van der Waals surface area contributed by atoms with Crippen molar-refractivity contribution >= 4 is 5.91 Å². The fourth-order valence-corrected chi connectivity index (χ4v) is 3.63. The van der Waals surface area contributed by atoms with E-state index in [-0.39, 0.29) is 5.91 Å². The number of amides is 1. The molecule has 2 aromatic rings. The van der Waals surface area contributed by atoms with Crippen molar-refractivity contribution in [1.29, 1.82) is 0 Å². The molecular formula is C24H32N2O2. The van der Waals surface area contributed by atoms with Gasteiger partial charge >= 0.3 is 0 Å². The summed E-state index contributed by atoms with van der Waals surface area (Å²) >= 11 is 0. The Balaban J connectivity index is 1.47. The van der Waals surface area contributed by atoms with Gasteiger partial charge in [-0.15, -0.1) is 0 Å². The lowest BCUT2D eigenvalue weighted by molar-refractivity contribution is -0.127. The zero-order valence-corrected chi connectivity index (χ0v) is 17.1. The summed E-state index contributed by atoms with van der Waals surface area (Å²) in [7, 11) is 0. The predicted molar refractivity (Wildman–Crippen MR) is 113 cm³/mol. The molecule has 0 aromatic heterocycles. The molecule has 2 aromatic carbocycles. The van der Waals surface area contributed by atoms with Crippen LogP contribution >= 0.6 is 0 Å². The van der Waals surface area contributed by atoms with E-state index in [9.17, 15) is 4.79 Å². The Kier molecular flexibility index (Phi) is 7.49. The number of rotatable bonds is 8. The number of carbonyl (C=O) groups is 1. The van der Waals surface area contributed by atoms with Crippen LogP contribution in [0.3, 0.4) is 0 Å². The van der Waals surface area contributed by atoms with E-state index >= 15 is 0 Å². The number of para-hydroxylation sites is 1. The highest BCUT2D eigenvalue weighted by Crippen LogP contribution is 2.20. The second-order valence-electron chi connectivity index (χ2n) is 7.59. The highest BCUT2D eigenvalue weighted by molar-refractivity contribution is 5.80. The van der Waals surface area contributed by atoms with Crippen molar-refractivity contribution in [3.8, 4) is 5.75 Å². The van der Waals surface area contributed by atoms with Crippen LogP contribution in [0.5, 0.6) is 5.75 Å². The van der Waals surface area contributed by atoms with Gasteiger partial charge in [-0.05, 0) is 62.0 Å². The number of ether oxygens (including phenoxy) is 1. The number of hydrogen-bond donors (Lipinski definition) is 1. The highest BCUT2D eigenvalue weighted by Gasteiger charge is 2.16. The van der Waals surface area contributed by atoms with Crippen LogP contribution in [0, 0.1) is 0 Å². The topological polar surface area (TPSA) is 41.6 Å². The molecule has 1 fully saturated rings. The molecule has 1 heterocycles. The largest absolute Gasteiger partial charge is 0.481 e. The Labute approximate surface area is 168 Å². The zero-order chi connectivity index (χ0) is 19.8. The molecule has 1 saturated heterocycles. The number of nitrogens with one attached hydrogen (secondary N) is 1. The maximum absolute atomic E-state index is 12.4. The van der Waals surface area contributed by atoms with Gasteiger partial charge in [0.05, 0.1) is 0 Å². The van der Waals surface area contributed by atoms with E-state index < -0.39 is 6.10 Å². The molecule has 1 aliphatic rings. The summed E-state index contributed by atoms with van der Waals surface area (Å²) in [4.78, 5) is 14.9. The van der Waals surface area contributed by atoms with Crippen LogP contribution in [0.15, 0.2) is 48.5 Å². The Bertz CT molecular complexity index is 751. The van der Waals surface area contributed by atoms with Crippen molar-refractivity contribution < 1.29 is 9.53 Å². The van der Waals surface area contributed by atoms with Crippen LogP contribution in [-0.2, 0) is 24.3 Å². The molecule has 1 atom stereocenters. The van der Waals surface area contributed by atoms with Crippen molar-refractivity contribution in [3.63, 3.8) is 0 Å². The molecule has 0 aliphatic carbocycles. The highest BCUT2D eigenvalue weighted by atomic mass is 16.5. The van der Waals surface area contributed by atoms with Gasteiger partial charge < -0.3 is 10.1 Å². The van der Waals surface area contributed by atoms with E-state index in [1.807, 2.05) is 24.3 Å². The molecule has 0 saturated carbocycles. The third-order valence-corrected chi connectivity index (χ3v) is 5.37. The number of benzene rings is 2. The van der Waals surface area contributed by atoms with Gasteiger partial charge in [-0.3, -0.25) is 9.69 Å². The quantitative estimate of drug-likeness (QED) is 0.742. The maximum atomic E-state index is 12.4. The van der Waals surface area contributed by atoms with Crippen molar-refractivity contribution in [2.75, 3.05) is 13.1 Å².